The van der Waals surface area contributed by atoms with Crippen LogP contribution in [0, 0.1) is 5.92 Å². The van der Waals surface area contributed by atoms with Crippen LogP contribution in [0.5, 0.6) is 11.5 Å². The lowest BCUT2D eigenvalue weighted by molar-refractivity contribution is -0.121. The molecule has 1 amide bonds. The lowest BCUT2D eigenvalue weighted by Gasteiger charge is -2.25. The van der Waals surface area contributed by atoms with E-state index in [1.54, 1.807) is 4.40 Å². The molecule has 1 N–H and O–H groups in total. The molecule has 0 saturated heterocycles. The number of amides is 1. The first-order chi connectivity index (χ1) is 12.3. The molecular formula is C18H18N4O3. The zero-order valence-electron chi connectivity index (χ0n) is 13.8. The molecule has 0 saturated carbocycles. The van der Waals surface area contributed by atoms with E-state index in [-0.39, 0.29) is 11.8 Å². The van der Waals surface area contributed by atoms with Crippen LogP contribution in [0.15, 0.2) is 42.6 Å². The highest BCUT2D eigenvalue weighted by molar-refractivity contribution is 5.91. The van der Waals surface area contributed by atoms with E-state index < -0.39 is 0 Å². The van der Waals surface area contributed by atoms with Gasteiger partial charge in [0.2, 0.25) is 11.9 Å². The summed E-state index contributed by atoms with van der Waals surface area (Å²) in [4.78, 5) is 12.6. The molecule has 25 heavy (non-hydrogen) atoms. The van der Waals surface area contributed by atoms with Crippen LogP contribution in [0.4, 0.5) is 5.95 Å². The van der Waals surface area contributed by atoms with Gasteiger partial charge in [-0.25, -0.2) is 0 Å². The van der Waals surface area contributed by atoms with Crippen LogP contribution in [-0.4, -0.2) is 33.7 Å². The van der Waals surface area contributed by atoms with Gasteiger partial charge in [-0.05, 0) is 37.1 Å². The van der Waals surface area contributed by atoms with Crippen molar-refractivity contribution in [1.29, 1.82) is 0 Å². The van der Waals surface area contributed by atoms with Crippen molar-refractivity contribution in [2.75, 3.05) is 18.5 Å². The molecule has 1 aliphatic rings. The Kier molecular flexibility index (Phi) is 3.97. The molecule has 2 aromatic heterocycles. The standard InChI is InChI=1S/C18H18N4O3/c1-2-24-14-7-5-6-12-10-13(11-25-16(12)14)17(23)19-18-21-20-15-8-3-4-9-22(15)18/h3-9,13H,2,10-11H2,1H3,(H,19,21,23). The maximum atomic E-state index is 12.6. The smallest absolute Gasteiger partial charge is 0.235 e. The van der Waals surface area contributed by atoms with Crippen LogP contribution in [0.2, 0.25) is 0 Å². The average Bonchev–Trinajstić information content (AvgIpc) is 3.05. The van der Waals surface area contributed by atoms with E-state index in [9.17, 15) is 4.79 Å². The van der Waals surface area contributed by atoms with E-state index in [0.29, 0.717) is 31.2 Å². The lowest BCUT2D eigenvalue weighted by atomic mass is 9.95. The Bertz CT molecular complexity index is 922. The number of pyridine rings is 1. The Hall–Kier alpha value is -3.09. The third kappa shape index (κ3) is 2.88. The van der Waals surface area contributed by atoms with Gasteiger partial charge in [-0.1, -0.05) is 18.2 Å². The molecule has 128 valence electrons. The molecule has 4 rings (SSSR count). The van der Waals surface area contributed by atoms with E-state index in [1.807, 2.05) is 49.5 Å². The van der Waals surface area contributed by atoms with Crippen LogP contribution in [-0.2, 0) is 11.2 Å². The second kappa shape index (κ2) is 6.43. The molecule has 3 aromatic rings. The maximum absolute atomic E-state index is 12.6. The van der Waals surface area contributed by atoms with Crippen LogP contribution >= 0.6 is 0 Å². The maximum Gasteiger partial charge on any atom is 0.235 e. The zero-order chi connectivity index (χ0) is 17.2. The molecule has 0 spiro atoms. The summed E-state index contributed by atoms with van der Waals surface area (Å²) in [6.45, 7) is 2.81. The topological polar surface area (TPSA) is 77.8 Å². The third-order valence-corrected chi connectivity index (χ3v) is 4.17. The highest BCUT2D eigenvalue weighted by Gasteiger charge is 2.28. The van der Waals surface area contributed by atoms with Gasteiger partial charge in [0.1, 0.15) is 6.61 Å². The van der Waals surface area contributed by atoms with Gasteiger partial charge in [0.05, 0.1) is 12.5 Å². The number of fused-ring (bicyclic) bond motifs is 2. The highest BCUT2D eigenvalue weighted by atomic mass is 16.5. The minimum absolute atomic E-state index is 0.134. The second-order valence-corrected chi connectivity index (χ2v) is 5.83. The lowest BCUT2D eigenvalue weighted by Crippen LogP contribution is -2.33. The Morgan fingerprint density at radius 3 is 3.12 bits per heavy atom. The second-order valence-electron chi connectivity index (χ2n) is 5.83. The summed E-state index contributed by atoms with van der Waals surface area (Å²) >= 11 is 0. The highest BCUT2D eigenvalue weighted by Crippen LogP contribution is 2.36. The number of carbonyl (C=O) groups excluding carboxylic acids is 1. The molecule has 0 bridgehead atoms. The number of ether oxygens (including phenoxy) is 2. The van der Waals surface area contributed by atoms with Crippen molar-refractivity contribution in [3.05, 3.63) is 48.2 Å². The van der Waals surface area contributed by atoms with Gasteiger partial charge in [-0.3, -0.25) is 14.5 Å². The fraction of sp³-hybridized carbons (Fsp3) is 0.278. The normalized spacial score (nSPS) is 16.1. The number of hydrogen-bond acceptors (Lipinski definition) is 5. The van der Waals surface area contributed by atoms with E-state index in [2.05, 4.69) is 15.5 Å². The molecule has 0 fully saturated rings. The fourth-order valence-corrected chi connectivity index (χ4v) is 2.97. The molecule has 3 heterocycles. The van der Waals surface area contributed by atoms with Crippen molar-refractivity contribution in [1.82, 2.24) is 14.6 Å². The first kappa shape index (κ1) is 15.4. The van der Waals surface area contributed by atoms with Gasteiger partial charge in [-0.15, -0.1) is 10.2 Å². The monoisotopic (exact) mass is 338 g/mol. The summed E-state index contributed by atoms with van der Waals surface area (Å²) in [6.07, 6.45) is 2.41. The van der Waals surface area contributed by atoms with Crippen LogP contribution in [0.25, 0.3) is 5.65 Å². The predicted octanol–water partition coefficient (Wildman–Crippen LogP) is 2.32. The number of anilines is 1. The molecule has 1 aromatic carbocycles. The van der Waals surface area contributed by atoms with Gasteiger partial charge in [0.25, 0.3) is 0 Å². The van der Waals surface area contributed by atoms with Crippen LogP contribution < -0.4 is 14.8 Å². The van der Waals surface area contributed by atoms with Gasteiger partial charge < -0.3 is 9.47 Å². The van der Waals surface area contributed by atoms with E-state index in [0.717, 1.165) is 17.1 Å². The van der Waals surface area contributed by atoms with Gasteiger partial charge in [-0.2, -0.15) is 0 Å². The first-order valence-corrected chi connectivity index (χ1v) is 8.24. The minimum atomic E-state index is -0.291. The number of carbonyl (C=O) groups is 1. The van der Waals surface area contributed by atoms with Crippen LogP contribution in [0.3, 0.4) is 0 Å². The molecule has 7 nitrogen and oxygen atoms in total. The summed E-state index contributed by atoms with van der Waals surface area (Å²) in [7, 11) is 0. The zero-order valence-corrected chi connectivity index (χ0v) is 13.8. The Labute approximate surface area is 144 Å². The van der Waals surface area contributed by atoms with Crippen molar-refractivity contribution < 1.29 is 14.3 Å². The molecule has 1 atom stereocenters. The van der Waals surface area contributed by atoms with E-state index >= 15 is 0 Å². The van der Waals surface area contributed by atoms with Gasteiger partial charge in [0, 0.05) is 6.20 Å². The summed E-state index contributed by atoms with van der Waals surface area (Å²) in [5.74, 6) is 1.45. The Morgan fingerprint density at radius 1 is 1.32 bits per heavy atom. The Balaban J connectivity index is 1.52. The van der Waals surface area contributed by atoms with Gasteiger partial charge >= 0.3 is 0 Å². The third-order valence-electron chi connectivity index (χ3n) is 4.17. The molecular weight excluding hydrogens is 320 g/mol. The van der Waals surface area contributed by atoms with E-state index in [1.165, 1.54) is 0 Å². The van der Waals surface area contributed by atoms with Crippen molar-refractivity contribution >= 4 is 17.5 Å². The number of aromatic nitrogens is 3. The van der Waals surface area contributed by atoms with Crippen LogP contribution in [0.1, 0.15) is 12.5 Å². The average molecular weight is 338 g/mol. The quantitative estimate of drug-likeness (QED) is 0.790. The predicted molar refractivity (Wildman–Crippen MR) is 91.9 cm³/mol. The number of benzene rings is 1. The number of para-hydroxylation sites is 1. The molecule has 0 aliphatic carbocycles. The number of rotatable bonds is 4. The van der Waals surface area contributed by atoms with Crippen molar-refractivity contribution in [2.45, 2.75) is 13.3 Å². The molecule has 0 radical (unpaired) electrons. The summed E-state index contributed by atoms with van der Waals surface area (Å²) in [5.41, 5.74) is 1.66. The number of hydrogen-bond donors (Lipinski definition) is 1. The van der Waals surface area contributed by atoms with Gasteiger partial charge in [0.15, 0.2) is 17.1 Å². The minimum Gasteiger partial charge on any atom is -0.490 e. The molecule has 1 aliphatic heterocycles. The molecule has 7 heteroatoms. The van der Waals surface area contributed by atoms with Crippen molar-refractivity contribution in [3.8, 4) is 11.5 Å². The SMILES string of the molecule is CCOc1cccc2c1OCC(C(=O)Nc1nnc3ccccn13)C2. The van der Waals surface area contributed by atoms with Crippen molar-refractivity contribution in [3.63, 3.8) is 0 Å². The summed E-state index contributed by atoms with van der Waals surface area (Å²) < 4.78 is 13.1. The molecule has 1 unspecified atom stereocenters. The van der Waals surface area contributed by atoms with Crippen molar-refractivity contribution in [2.24, 2.45) is 5.92 Å². The summed E-state index contributed by atoms with van der Waals surface area (Å²) in [5, 5.41) is 10.9. The number of nitrogens with zero attached hydrogens (tertiary/aromatic N) is 3. The number of nitrogens with one attached hydrogen (secondary N) is 1. The Morgan fingerprint density at radius 2 is 2.24 bits per heavy atom. The first-order valence-electron chi connectivity index (χ1n) is 8.24. The fourth-order valence-electron chi connectivity index (χ4n) is 2.97. The summed E-state index contributed by atoms with van der Waals surface area (Å²) in [6, 6.07) is 11.3. The largest absolute Gasteiger partial charge is 0.490 e. The van der Waals surface area contributed by atoms with E-state index in [4.69, 9.17) is 9.47 Å².